The number of fused-ring (bicyclic) bond motifs is 1. The summed E-state index contributed by atoms with van der Waals surface area (Å²) >= 11 is 0. The molecule has 0 saturated heterocycles. The lowest BCUT2D eigenvalue weighted by molar-refractivity contribution is 1.23. The van der Waals surface area contributed by atoms with Gasteiger partial charge in [-0.05, 0) is 19.1 Å². The fraction of sp³-hybridized carbons (Fsp3) is 0.0667. The van der Waals surface area contributed by atoms with Gasteiger partial charge >= 0.3 is 0 Å². The largest absolute Gasteiger partial charge is 0.248 e. The second-order valence-corrected chi connectivity index (χ2v) is 4.07. The molecule has 0 aliphatic carbocycles. The van der Waals surface area contributed by atoms with E-state index < -0.39 is 0 Å². The summed E-state index contributed by atoms with van der Waals surface area (Å²) in [5, 5.41) is 4.61. The lowest BCUT2D eigenvalue weighted by Gasteiger charge is -2.02. The van der Waals surface area contributed by atoms with Crippen molar-refractivity contribution < 1.29 is 0 Å². The van der Waals surface area contributed by atoms with E-state index in [0.29, 0.717) is 0 Å². The zero-order valence-electron chi connectivity index (χ0n) is 9.14. The van der Waals surface area contributed by atoms with Crippen LogP contribution in [0.5, 0.6) is 0 Å². The number of nitrogens with zero attached hydrogens (tertiary/aromatic N) is 1. The van der Waals surface area contributed by atoms with Crippen LogP contribution >= 0.6 is 0 Å². The third-order valence-corrected chi connectivity index (χ3v) is 2.82. The first kappa shape index (κ1) is 9.22. The van der Waals surface area contributed by atoms with Crippen molar-refractivity contribution in [3.8, 4) is 0 Å². The smallest absolute Gasteiger partial charge is 0.0716 e. The van der Waals surface area contributed by atoms with Gasteiger partial charge in [-0.1, -0.05) is 48.0 Å². The van der Waals surface area contributed by atoms with Crippen molar-refractivity contribution in [2.75, 3.05) is 0 Å². The van der Waals surface area contributed by atoms with Crippen molar-refractivity contribution >= 4 is 17.5 Å². The minimum Gasteiger partial charge on any atom is -0.248 e. The predicted molar refractivity (Wildman–Crippen MR) is 67.3 cm³/mol. The molecule has 1 heterocycles. The van der Waals surface area contributed by atoms with Crippen LogP contribution in [-0.2, 0) is 0 Å². The van der Waals surface area contributed by atoms with Crippen molar-refractivity contribution in [2.24, 2.45) is 0 Å². The Hall–Kier alpha value is -2.02. The summed E-state index contributed by atoms with van der Waals surface area (Å²) in [5.74, 6) is 0. The molecule has 1 aliphatic heterocycles. The van der Waals surface area contributed by atoms with Crippen LogP contribution in [0.4, 0.5) is 5.69 Å². The van der Waals surface area contributed by atoms with E-state index in [1.807, 2.05) is 18.2 Å². The fourth-order valence-corrected chi connectivity index (χ4v) is 1.89. The quantitative estimate of drug-likeness (QED) is 0.674. The number of aryl methyl sites for hydroxylation is 1. The molecule has 0 amide bonds. The summed E-state index contributed by atoms with van der Waals surface area (Å²) in [4.78, 5) is 0. The average Bonchev–Trinajstić information content (AvgIpc) is 2.73. The Morgan fingerprint density at radius 3 is 2.38 bits per heavy atom. The maximum Gasteiger partial charge on any atom is 0.0716 e. The average molecular weight is 206 g/mol. The SMILES string of the molecule is Cc1ccc(C2=Cc3ccccc3[N]2)cc1. The van der Waals surface area contributed by atoms with Gasteiger partial charge in [0.15, 0.2) is 0 Å². The van der Waals surface area contributed by atoms with Crippen LogP contribution in [0, 0.1) is 6.92 Å². The van der Waals surface area contributed by atoms with Gasteiger partial charge in [0.25, 0.3) is 0 Å². The Labute approximate surface area is 95.4 Å². The number of hydrogen-bond acceptors (Lipinski definition) is 0. The first-order valence-corrected chi connectivity index (χ1v) is 5.42. The predicted octanol–water partition coefficient (Wildman–Crippen LogP) is 3.74. The minimum absolute atomic E-state index is 1.06. The molecule has 0 bridgehead atoms. The van der Waals surface area contributed by atoms with Gasteiger partial charge in [-0.15, -0.1) is 0 Å². The van der Waals surface area contributed by atoms with E-state index in [1.165, 1.54) is 16.7 Å². The maximum absolute atomic E-state index is 4.61. The van der Waals surface area contributed by atoms with Gasteiger partial charge in [-0.2, -0.15) is 0 Å². The molecule has 1 heteroatoms. The number of para-hydroxylation sites is 1. The van der Waals surface area contributed by atoms with Gasteiger partial charge in [0.1, 0.15) is 0 Å². The molecule has 3 rings (SSSR count). The molecule has 16 heavy (non-hydrogen) atoms. The highest BCUT2D eigenvalue weighted by Gasteiger charge is 2.13. The van der Waals surface area contributed by atoms with E-state index >= 15 is 0 Å². The standard InChI is InChI=1S/C15H12N/c1-11-6-8-12(9-7-11)15-10-13-4-2-3-5-14(13)16-15/h2-10H,1H3. The zero-order chi connectivity index (χ0) is 11.0. The Kier molecular flexibility index (Phi) is 2.03. The zero-order valence-corrected chi connectivity index (χ0v) is 9.14. The van der Waals surface area contributed by atoms with Crippen molar-refractivity contribution in [1.82, 2.24) is 5.32 Å². The molecular formula is C15H12N. The number of hydrogen-bond donors (Lipinski definition) is 0. The first-order chi connectivity index (χ1) is 7.83. The third kappa shape index (κ3) is 1.50. The van der Waals surface area contributed by atoms with Crippen LogP contribution in [-0.4, -0.2) is 0 Å². The number of rotatable bonds is 1. The molecule has 0 fully saturated rings. The van der Waals surface area contributed by atoms with E-state index in [4.69, 9.17) is 0 Å². The van der Waals surface area contributed by atoms with Gasteiger partial charge in [0.2, 0.25) is 0 Å². The summed E-state index contributed by atoms with van der Waals surface area (Å²) in [7, 11) is 0. The first-order valence-electron chi connectivity index (χ1n) is 5.42. The molecule has 1 radical (unpaired) electrons. The van der Waals surface area contributed by atoms with E-state index in [2.05, 4.69) is 48.6 Å². The van der Waals surface area contributed by atoms with Gasteiger partial charge < -0.3 is 0 Å². The molecule has 77 valence electrons. The van der Waals surface area contributed by atoms with Crippen LogP contribution in [0.1, 0.15) is 16.7 Å². The van der Waals surface area contributed by atoms with E-state index in [0.717, 1.165) is 11.4 Å². The Morgan fingerprint density at radius 2 is 1.62 bits per heavy atom. The summed E-state index contributed by atoms with van der Waals surface area (Å²) in [6, 6.07) is 16.7. The molecule has 0 N–H and O–H groups in total. The minimum atomic E-state index is 1.06. The van der Waals surface area contributed by atoms with Crippen LogP contribution in [0.3, 0.4) is 0 Å². The highest BCUT2D eigenvalue weighted by atomic mass is 14.9. The normalized spacial score (nSPS) is 12.9. The topological polar surface area (TPSA) is 14.1 Å². The van der Waals surface area contributed by atoms with E-state index in [1.54, 1.807) is 0 Å². The highest BCUT2D eigenvalue weighted by Crippen LogP contribution is 2.31. The summed E-state index contributed by atoms with van der Waals surface area (Å²) in [5.41, 5.74) is 5.79. The van der Waals surface area contributed by atoms with Gasteiger partial charge in [-0.25, -0.2) is 5.32 Å². The van der Waals surface area contributed by atoms with Crippen molar-refractivity contribution in [3.05, 3.63) is 65.2 Å². The van der Waals surface area contributed by atoms with Crippen LogP contribution in [0.15, 0.2) is 48.5 Å². The summed E-state index contributed by atoms with van der Waals surface area (Å²) in [6.07, 6.45) is 2.14. The second kappa shape index (κ2) is 3.53. The lowest BCUT2D eigenvalue weighted by Crippen LogP contribution is -1.92. The van der Waals surface area contributed by atoms with Crippen LogP contribution < -0.4 is 5.32 Å². The molecule has 1 nitrogen and oxygen atoms in total. The molecule has 1 aliphatic rings. The van der Waals surface area contributed by atoms with Gasteiger partial charge in [0, 0.05) is 11.1 Å². The third-order valence-electron chi connectivity index (χ3n) is 2.82. The van der Waals surface area contributed by atoms with Crippen molar-refractivity contribution in [1.29, 1.82) is 0 Å². The molecule has 0 spiro atoms. The molecule has 0 unspecified atom stereocenters. The Bertz CT molecular complexity index is 550. The van der Waals surface area contributed by atoms with Crippen molar-refractivity contribution in [2.45, 2.75) is 6.92 Å². The lowest BCUT2D eigenvalue weighted by atomic mass is 10.1. The van der Waals surface area contributed by atoms with E-state index in [-0.39, 0.29) is 0 Å². The Morgan fingerprint density at radius 1 is 0.875 bits per heavy atom. The fourth-order valence-electron chi connectivity index (χ4n) is 1.89. The number of benzene rings is 2. The van der Waals surface area contributed by atoms with Gasteiger partial charge in [-0.3, -0.25) is 0 Å². The molecule has 2 aromatic rings. The highest BCUT2D eigenvalue weighted by molar-refractivity contribution is 5.91. The molecular weight excluding hydrogens is 194 g/mol. The summed E-state index contributed by atoms with van der Waals surface area (Å²) < 4.78 is 0. The summed E-state index contributed by atoms with van der Waals surface area (Å²) in [6.45, 7) is 2.10. The van der Waals surface area contributed by atoms with Crippen molar-refractivity contribution in [3.63, 3.8) is 0 Å². The molecule has 2 aromatic carbocycles. The molecule has 0 saturated carbocycles. The maximum atomic E-state index is 4.61. The molecule has 0 aromatic heterocycles. The van der Waals surface area contributed by atoms with Crippen LogP contribution in [0.2, 0.25) is 0 Å². The van der Waals surface area contributed by atoms with E-state index in [9.17, 15) is 0 Å². The monoisotopic (exact) mass is 206 g/mol. The van der Waals surface area contributed by atoms with Gasteiger partial charge in [0.05, 0.1) is 11.4 Å². The van der Waals surface area contributed by atoms with Crippen LogP contribution in [0.25, 0.3) is 11.8 Å². The molecule has 0 atom stereocenters. The Balaban J connectivity index is 1.98. The second-order valence-electron chi connectivity index (χ2n) is 4.07.